The third kappa shape index (κ3) is 2.61. The summed E-state index contributed by atoms with van der Waals surface area (Å²) in [7, 11) is 1.87. The van der Waals surface area contributed by atoms with Crippen molar-refractivity contribution in [3.63, 3.8) is 0 Å². The van der Waals surface area contributed by atoms with Gasteiger partial charge in [0, 0.05) is 24.8 Å². The summed E-state index contributed by atoms with van der Waals surface area (Å²) in [6.45, 7) is 6.08. The molecule has 16 heavy (non-hydrogen) atoms. The molecule has 0 saturated carbocycles. The van der Waals surface area contributed by atoms with Crippen LogP contribution in [-0.2, 0) is 18.4 Å². The molecule has 0 saturated heterocycles. The lowest BCUT2D eigenvalue weighted by Crippen LogP contribution is -2.50. The number of aryl methyl sites for hydroxylation is 1. The molecule has 1 rings (SSSR count). The quantitative estimate of drug-likeness (QED) is 0.781. The topological polar surface area (TPSA) is 72.9 Å². The van der Waals surface area contributed by atoms with Gasteiger partial charge in [-0.05, 0) is 20.3 Å². The van der Waals surface area contributed by atoms with Gasteiger partial charge >= 0.3 is 0 Å². The zero-order chi connectivity index (χ0) is 12.3. The zero-order valence-electron chi connectivity index (χ0n) is 10.4. The summed E-state index contributed by atoms with van der Waals surface area (Å²) < 4.78 is 1.78. The van der Waals surface area contributed by atoms with Gasteiger partial charge in [0.2, 0.25) is 5.91 Å². The van der Waals surface area contributed by atoms with E-state index in [2.05, 4.69) is 10.4 Å². The third-order valence-corrected chi connectivity index (χ3v) is 3.03. The van der Waals surface area contributed by atoms with Crippen LogP contribution in [0.2, 0.25) is 0 Å². The Morgan fingerprint density at radius 2 is 2.31 bits per heavy atom. The summed E-state index contributed by atoms with van der Waals surface area (Å²) in [5.41, 5.74) is 7.11. The van der Waals surface area contributed by atoms with Crippen LogP contribution in [0.4, 0.5) is 0 Å². The van der Waals surface area contributed by atoms with E-state index in [9.17, 15) is 4.79 Å². The molecule has 1 aromatic heterocycles. The standard InChI is InChI=1S/C11H20N4O/c1-5-11(3,12)10(16)13-6-9-7-14-15(4)8(9)2/h7H,5-6,12H2,1-4H3,(H,13,16). The Morgan fingerprint density at radius 1 is 1.69 bits per heavy atom. The van der Waals surface area contributed by atoms with Crippen molar-refractivity contribution in [3.8, 4) is 0 Å². The molecule has 0 spiro atoms. The molecule has 0 bridgehead atoms. The Balaban J connectivity index is 2.59. The molecule has 0 fully saturated rings. The fourth-order valence-corrected chi connectivity index (χ4v) is 1.26. The predicted molar refractivity (Wildman–Crippen MR) is 62.7 cm³/mol. The predicted octanol–water partition coefficient (Wildman–Crippen LogP) is 0.472. The fraction of sp³-hybridized carbons (Fsp3) is 0.636. The van der Waals surface area contributed by atoms with Crippen molar-refractivity contribution in [1.29, 1.82) is 0 Å². The van der Waals surface area contributed by atoms with Crippen LogP contribution in [0, 0.1) is 6.92 Å². The number of nitrogens with zero attached hydrogens (tertiary/aromatic N) is 2. The normalized spacial score (nSPS) is 14.6. The molecule has 0 aromatic carbocycles. The van der Waals surface area contributed by atoms with Crippen molar-refractivity contribution < 1.29 is 4.79 Å². The van der Waals surface area contributed by atoms with E-state index in [1.807, 2.05) is 20.9 Å². The van der Waals surface area contributed by atoms with Crippen LogP contribution in [0.5, 0.6) is 0 Å². The SMILES string of the molecule is CCC(C)(N)C(=O)NCc1cnn(C)c1C. The lowest BCUT2D eigenvalue weighted by molar-refractivity contribution is -0.126. The number of hydrogen-bond acceptors (Lipinski definition) is 3. The molecular weight excluding hydrogens is 204 g/mol. The van der Waals surface area contributed by atoms with Gasteiger partial charge in [-0.3, -0.25) is 9.48 Å². The summed E-state index contributed by atoms with van der Waals surface area (Å²) in [5, 5.41) is 6.94. The number of rotatable bonds is 4. The zero-order valence-corrected chi connectivity index (χ0v) is 10.4. The first kappa shape index (κ1) is 12.7. The lowest BCUT2D eigenvalue weighted by Gasteiger charge is -2.21. The Morgan fingerprint density at radius 3 is 2.75 bits per heavy atom. The molecule has 0 aliphatic rings. The molecule has 5 nitrogen and oxygen atoms in total. The Kier molecular flexibility index (Phi) is 3.70. The van der Waals surface area contributed by atoms with Gasteiger partial charge in [-0.25, -0.2) is 0 Å². The van der Waals surface area contributed by atoms with Crippen LogP contribution >= 0.6 is 0 Å². The maximum Gasteiger partial charge on any atom is 0.240 e. The van der Waals surface area contributed by atoms with E-state index >= 15 is 0 Å². The highest BCUT2D eigenvalue weighted by Gasteiger charge is 2.25. The van der Waals surface area contributed by atoms with Crippen molar-refractivity contribution in [3.05, 3.63) is 17.5 Å². The largest absolute Gasteiger partial charge is 0.350 e. The van der Waals surface area contributed by atoms with E-state index in [0.29, 0.717) is 13.0 Å². The van der Waals surface area contributed by atoms with Gasteiger partial charge in [0.25, 0.3) is 0 Å². The second-order valence-electron chi connectivity index (χ2n) is 4.33. The summed E-state index contributed by atoms with van der Waals surface area (Å²) in [5.74, 6) is -0.127. The fourth-order valence-electron chi connectivity index (χ4n) is 1.26. The highest BCUT2D eigenvalue weighted by molar-refractivity contribution is 5.85. The number of amides is 1. The average molecular weight is 224 g/mol. The summed E-state index contributed by atoms with van der Waals surface area (Å²) in [6.07, 6.45) is 2.38. The maximum absolute atomic E-state index is 11.7. The first-order valence-electron chi connectivity index (χ1n) is 5.43. The third-order valence-electron chi connectivity index (χ3n) is 3.03. The van der Waals surface area contributed by atoms with E-state index < -0.39 is 5.54 Å². The summed E-state index contributed by atoms with van der Waals surface area (Å²) in [4.78, 5) is 11.7. The minimum absolute atomic E-state index is 0.127. The number of nitrogens with one attached hydrogen (secondary N) is 1. The van der Waals surface area contributed by atoms with Gasteiger partial charge in [0.1, 0.15) is 0 Å². The Hall–Kier alpha value is -1.36. The number of hydrogen-bond donors (Lipinski definition) is 2. The van der Waals surface area contributed by atoms with Crippen molar-refractivity contribution in [1.82, 2.24) is 15.1 Å². The highest BCUT2D eigenvalue weighted by Crippen LogP contribution is 2.07. The van der Waals surface area contributed by atoms with Crippen LogP contribution in [0.3, 0.4) is 0 Å². The number of aromatic nitrogens is 2. The highest BCUT2D eigenvalue weighted by atomic mass is 16.2. The smallest absolute Gasteiger partial charge is 0.240 e. The van der Waals surface area contributed by atoms with E-state index in [0.717, 1.165) is 11.3 Å². The minimum atomic E-state index is -0.796. The monoisotopic (exact) mass is 224 g/mol. The molecule has 1 amide bonds. The van der Waals surface area contributed by atoms with Gasteiger partial charge in [0.05, 0.1) is 11.7 Å². The molecule has 90 valence electrons. The molecule has 1 atom stereocenters. The molecule has 0 aliphatic carbocycles. The van der Waals surface area contributed by atoms with Crippen LogP contribution in [-0.4, -0.2) is 21.2 Å². The van der Waals surface area contributed by atoms with Crippen molar-refractivity contribution in [2.24, 2.45) is 12.8 Å². The van der Waals surface area contributed by atoms with Crippen molar-refractivity contribution in [2.45, 2.75) is 39.3 Å². The Labute approximate surface area is 96.0 Å². The van der Waals surface area contributed by atoms with Gasteiger partial charge in [0.15, 0.2) is 0 Å². The van der Waals surface area contributed by atoms with Crippen molar-refractivity contribution >= 4 is 5.91 Å². The molecule has 1 aromatic rings. The molecule has 1 heterocycles. The van der Waals surface area contributed by atoms with Crippen molar-refractivity contribution in [2.75, 3.05) is 0 Å². The molecule has 3 N–H and O–H groups in total. The van der Waals surface area contributed by atoms with Gasteiger partial charge in [-0.1, -0.05) is 6.92 Å². The van der Waals surface area contributed by atoms with E-state index in [1.165, 1.54) is 0 Å². The van der Waals surface area contributed by atoms with Crippen LogP contribution in [0.15, 0.2) is 6.20 Å². The lowest BCUT2D eigenvalue weighted by atomic mass is 9.99. The molecular formula is C11H20N4O. The number of carbonyl (C=O) groups is 1. The van der Waals surface area contributed by atoms with E-state index in [4.69, 9.17) is 5.73 Å². The van der Waals surface area contributed by atoms with Crippen LogP contribution < -0.4 is 11.1 Å². The second kappa shape index (κ2) is 4.65. The first-order chi connectivity index (χ1) is 7.38. The summed E-state index contributed by atoms with van der Waals surface area (Å²) in [6, 6.07) is 0. The van der Waals surface area contributed by atoms with E-state index in [1.54, 1.807) is 17.8 Å². The van der Waals surface area contributed by atoms with Crippen LogP contribution in [0.1, 0.15) is 31.5 Å². The number of nitrogens with two attached hydrogens (primary N) is 1. The molecule has 1 unspecified atom stereocenters. The second-order valence-corrected chi connectivity index (χ2v) is 4.33. The summed E-state index contributed by atoms with van der Waals surface area (Å²) >= 11 is 0. The number of carbonyl (C=O) groups excluding carboxylic acids is 1. The van der Waals surface area contributed by atoms with Gasteiger partial charge in [-0.15, -0.1) is 0 Å². The Bertz CT molecular complexity index is 381. The molecule has 0 radical (unpaired) electrons. The van der Waals surface area contributed by atoms with Gasteiger partial charge in [-0.2, -0.15) is 5.10 Å². The first-order valence-corrected chi connectivity index (χ1v) is 5.43. The van der Waals surface area contributed by atoms with Gasteiger partial charge < -0.3 is 11.1 Å². The minimum Gasteiger partial charge on any atom is -0.350 e. The van der Waals surface area contributed by atoms with E-state index in [-0.39, 0.29) is 5.91 Å². The van der Waals surface area contributed by atoms with Crippen LogP contribution in [0.25, 0.3) is 0 Å². The molecule has 0 aliphatic heterocycles. The molecule has 5 heteroatoms. The maximum atomic E-state index is 11.7. The average Bonchev–Trinajstić information content (AvgIpc) is 2.56.